The zero-order valence-corrected chi connectivity index (χ0v) is 18.7. The van der Waals surface area contributed by atoms with Crippen molar-refractivity contribution in [2.24, 2.45) is 0 Å². The minimum atomic E-state index is -1.10. The number of carbonyl (C=O) groups is 4. The van der Waals surface area contributed by atoms with Gasteiger partial charge in [-0.3, -0.25) is 24.5 Å². The van der Waals surface area contributed by atoms with E-state index in [1.165, 1.54) is 18.2 Å². The van der Waals surface area contributed by atoms with Crippen molar-refractivity contribution >= 4 is 29.1 Å². The van der Waals surface area contributed by atoms with Crippen LogP contribution in [0.15, 0.2) is 36.4 Å². The van der Waals surface area contributed by atoms with Gasteiger partial charge in [0.05, 0.1) is 4.92 Å². The fourth-order valence-corrected chi connectivity index (χ4v) is 4.84. The Balaban J connectivity index is 1.60. The number of nitro benzene ring substituents is 1. The Kier molecular flexibility index (Phi) is 6.54. The van der Waals surface area contributed by atoms with E-state index >= 15 is 0 Å². The smallest absolute Gasteiger partial charge is 0.345 e. The van der Waals surface area contributed by atoms with E-state index in [1.54, 1.807) is 17.0 Å². The number of hydrogen-bond acceptors (Lipinski definition) is 7. The highest BCUT2D eigenvalue weighted by Crippen LogP contribution is 2.35. The highest BCUT2D eigenvalue weighted by Gasteiger charge is 2.39. The maximum absolute atomic E-state index is 13.1. The van der Waals surface area contributed by atoms with Crippen LogP contribution in [0, 0.1) is 10.1 Å². The van der Waals surface area contributed by atoms with Crippen molar-refractivity contribution in [1.29, 1.82) is 0 Å². The Morgan fingerprint density at radius 2 is 1.65 bits per heavy atom. The first kappa shape index (κ1) is 23.3. The molecule has 9 nitrogen and oxygen atoms in total. The first-order chi connectivity index (χ1) is 16.3. The fourth-order valence-electron chi connectivity index (χ4n) is 4.84. The van der Waals surface area contributed by atoms with E-state index in [4.69, 9.17) is 4.74 Å². The molecule has 2 aliphatic rings. The molecule has 1 amide bonds. The molecule has 0 saturated heterocycles. The predicted molar refractivity (Wildman–Crippen MR) is 121 cm³/mol. The second-order valence-electron chi connectivity index (χ2n) is 8.39. The second-order valence-corrected chi connectivity index (χ2v) is 8.39. The van der Waals surface area contributed by atoms with Crippen LogP contribution in [0.4, 0.5) is 5.69 Å². The predicted octanol–water partition coefficient (Wildman–Crippen LogP) is 3.71. The molecule has 0 radical (unpaired) electrons. The Bertz CT molecular complexity index is 1200. The van der Waals surface area contributed by atoms with E-state index in [-0.39, 0.29) is 28.6 Å². The normalized spacial score (nSPS) is 15.3. The number of benzene rings is 2. The van der Waals surface area contributed by atoms with Crippen molar-refractivity contribution in [2.45, 2.75) is 45.1 Å². The average molecular weight is 464 g/mol. The van der Waals surface area contributed by atoms with Crippen LogP contribution in [0.1, 0.15) is 81.2 Å². The maximum Gasteiger partial charge on any atom is 0.345 e. The van der Waals surface area contributed by atoms with Gasteiger partial charge in [-0.2, -0.15) is 0 Å². The molecule has 1 saturated carbocycles. The van der Waals surface area contributed by atoms with Gasteiger partial charge in [-0.15, -0.1) is 0 Å². The fraction of sp³-hybridized carbons (Fsp3) is 0.360. The third kappa shape index (κ3) is 4.09. The van der Waals surface area contributed by atoms with E-state index in [9.17, 15) is 29.3 Å². The van der Waals surface area contributed by atoms with Gasteiger partial charge >= 0.3 is 5.97 Å². The lowest BCUT2D eigenvalue weighted by atomic mass is 9.82. The molecule has 0 aliphatic heterocycles. The molecule has 1 fully saturated rings. The van der Waals surface area contributed by atoms with Crippen LogP contribution in [0.25, 0.3) is 0 Å². The third-order valence-electron chi connectivity index (χ3n) is 6.47. The topological polar surface area (TPSA) is 124 Å². The Morgan fingerprint density at radius 1 is 1.00 bits per heavy atom. The number of fused-ring (bicyclic) bond motifs is 2. The standard InChI is InChI=1S/C25H24N2O7/c1-2-26(15-8-4-3-5-9-15)20(28)14-34-25(31)19-13-12-18-21(22(19)27(32)33)24(30)17-11-7-6-10-16(17)23(18)29/h6-7,10-13,15H,2-5,8-9,14H2,1H3. The molecule has 0 spiro atoms. The van der Waals surface area contributed by atoms with E-state index in [1.807, 2.05) is 6.92 Å². The molecule has 176 valence electrons. The quantitative estimate of drug-likeness (QED) is 0.309. The summed E-state index contributed by atoms with van der Waals surface area (Å²) in [7, 11) is 0. The van der Waals surface area contributed by atoms with Gasteiger partial charge in [-0.05, 0) is 31.9 Å². The lowest BCUT2D eigenvalue weighted by Crippen LogP contribution is -2.43. The molecule has 2 aromatic rings. The van der Waals surface area contributed by atoms with Crippen molar-refractivity contribution in [1.82, 2.24) is 4.90 Å². The summed E-state index contributed by atoms with van der Waals surface area (Å²) in [6.07, 6.45) is 4.98. The third-order valence-corrected chi connectivity index (χ3v) is 6.47. The monoisotopic (exact) mass is 464 g/mol. The minimum Gasteiger partial charge on any atom is -0.452 e. The summed E-state index contributed by atoms with van der Waals surface area (Å²) in [4.78, 5) is 64.1. The minimum absolute atomic E-state index is 0.0369. The molecular formula is C25H24N2O7. The van der Waals surface area contributed by atoms with Crippen molar-refractivity contribution in [2.75, 3.05) is 13.2 Å². The first-order valence-corrected chi connectivity index (χ1v) is 11.3. The number of carbonyl (C=O) groups excluding carboxylic acids is 4. The molecule has 2 aliphatic carbocycles. The van der Waals surface area contributed by atoms with Crippen molar-refractivity contribution in [3.8, 4) is 0 Å². The average Bonchev–Trinajstić information content (AvgIpc) is 2.86. The van der Waals surface area contributed by atoms with E-state index in [2.05, 4.69) is 0 Å². The zero-order chi connectivity index (χ0) is 24.4. The molecular weight excluding hydrogens is 440 g/mol. The van der Waals surface area contributed by atoms with Crippen LogP contribution in [0.2, 0.25) is 0 Å². The number of likely N-dealkylation sites (N-methyl/N-ethyl adjacent to an activating group) is 1. The number of ether oxygens (including phenoxy) is 1. The molecule has 0 aromatic heterocycles. The molecule has 0 unspecified atom stereocenters. The van der Waals surface area contributed by atoms with Crippen LogP contribution in [-0.2, 0) is 9.53 Å². The molecule has 9 heteroatoms. The lowest BCUT2D eigenvalue weighted by molar-refractivity contribution is -0.385. The van der Waals surface area contributed by atoms with Gasteiger partial charge in [0.1, 0.15) is 11.1 Å². The molecule has 2 aromatic carbocycles. The largest absolute Gasteiger partial charge is 0.452 e. The number of esters is 1. The summed E-state index contributed by atoms with van der Waals surface area (Å²) in [6.45, 7) is 1.76. The Hall–Kier alpha value is -3.88. The SMILES string of the molecule is CCN(C(=O)COC(=O)c1ccc2c(c1[N+](=O)[O-])C(=O)c1ccccc1C2=O)C1CCCCC1. The van der Waals surface area contributed by atoms with Gasteiger partial charge in [0.25, 0.3) is 11.6 Å². The first-order valence-electron chi connectivity index (χ1n) is 11.3. The van der Waals surface area contributed by atoms with Crippen LogP contribution in [0.5, 0.6) is 0 Å². The number of hydrogen-bond donors (Lipinski definition) is 0. The number of amides is 1. The van der Waals surface area contributed by atoms with Gasteiger partial charge in [-0.1, -0.05) is 43.5 Å². The number of nitro groups is 1. The van der Waals surface area contributed by atoms with Gasteiger partial charge in [0.15, 0.2) is 12.4 Å². The number of ketones is 2. The summed E-state index contributed by atoms with van der Waals surface area (Å²) in [5, 5.41) is 11.9. The lowest BCUT2D eigenvalue weighted by Gasteiger charge is -2.33. The Labute approximate surface area is 195 Å². The Morgan fingerprint density at radius 3 is 2.26 bits per heavy atom. The summed E-state index contributed by atoms with van der Waals surface area (Å²) in [6, 6.07) is 8.45. The summed E-state index contributed by atoms with van der Waals surface area (Å²) < 4.78 is 5.15. The van der Waals surface area contributed by atoms with Gasteiger partial charge < -0.3 is 9.64 Å². The van der Waals surface area contributed by atoms with Crippen LogP contribution in [0.3, 0.4) is 0 Å². The van der Waals surface area contributed by atoms with Gasteiger partial charge in [0, 0.05) is 29.3 Å². The van der Waals surface area contributed by atoms with Crippen molar-refractivity contribution in [3.05, 3.63) is 74.3 Å². The number of rotatable bonds is 6. The van der Waals surface area contributed by atoms with Crippen LogP contribution in [-0.4, -0.2) is 52.5 Å². The molecule has 0 atom stereocenters. The van der Waals surface area contributed by atoms with E-state index < -0.39 is 45.9 Å². The molecule has 0 bridgehead atoms. The van der Waals surface area contributed by atoms with E-state index in [0.29, 0.717) is 6.54 Å². The number of nitrogens with zero attached hydrogens (tertiary/aromatic N) is 2. The summed E-state index contributed by atoms with van der Waals surface area (Å²) >= 11 is 0. The summed E-state index contributed by atoms with van der Waals surface area (Å²) in [5.74, 6) is -2.71. The van der Waals surface area contributed by atoms with Crippen molar-refractivity contribution in [3.63, 3.8) is 0 Å². The molecule has 4 rings (SSSR count). The van der Waals surface area contributed by atoms with Crippen LogP contribution < -0.4 is 0 Å². The molecule has 0 N–H and O–H groups in total. The molecule has 34 heavy (non-hydrogen) atoms. The highest BCUT2D eigenvalue weighted by molar-refractivity contribution is 6.30. The maximum atomic E-state index is 13.1. The highest BCUT2D eigenvalue weighted by atomic mass is 16.6. The van der Waals surface area contributed by atoms with Gasteiger partial charge in [-0.25, -0.2) is 4.79 Å². The van der Waals surface area contributed by atoms with Gasteiger partial charge in [0.2, 0.25) is 5.78 Å². The second kappa shape index (κ2) is 9.54. The van der Waals surface area contributed by atoms with Crippen LogP contribution >= 0.6 is 0 Å². The van der Waals surface area contributed by atoms with E-state index in [0.717, 1.165) is 38.2 Å². The zero-order valence-electron chi connectivity index (χ0n) is 18.7. The van der Waals surface area contributed by atoms with Crippen molar-refractivity contribution < 1.29 is 28.8 Å². The summed E-state index contributed by atoms with van der Waals surface area (Å²) in [5.41, 5.74) is -1.66. The molecule has 0 heterocycles.